The van der Waals surface area contributed by atoms with Gasteiger partial charge in [0.25, 0.3) is 5.91 Å². The minimum Gasteiger partial charge on any atom is -0.454 e. The summed E-state index contributed by atoms with van der Waals surface area (Å²) in [7, 11) is 0. The van der Waals surface area contributed by atoms with Crippen molar-refractivity contribution in [2.24, 2.45) is 5.92 Å². The molecule has 1 amide bonds. The Hall–Kier alpha value is -3.92. The third-order valence-corrected chi connectivity index (χ3v) is 6.27. The van der Waals surface area contributed by atoms with E-state index in [1.807, 2.05) is 41.3 Å². The Balaban J connectivity index is 1.31. The van der Waals surface area contributed by atoms with Crippen molar-refractivity contribution in [2.75, 3.05) is 6.54 Å². The molecule has 0 spiro atoms. The molecule has 34 heavy (non-hydrogen) atoms. The molecule has 0 unspecified atom stereocenters. The fourth-order valence-electron chi connectivity index (χ4n) is 4.37. The smallest absolute Gasteiger partial charge is 0.254 e. The van der Waals surface area contributed by atoms with E-state index in [2.05, 4.69) is 24.3 Å². The monoisotopic (exact) mass is 451 g/mol. The lowest BCUT2D eigenvalue weighted by Crippen LogP contribution is -2.32. The van der Waals surface area contributed by atoms with Crippen molar-refractivity contribution < 1.29 is 13.9 Å². The van der Waals surface area contributed by atoms with Crippen LogP contribution in [0.4, 0.5) is 4.39 Å². The second-order valence-corrected chi connectivity index (χ2v) is 8.74. The van der Waals surface area contributed by atoms with E-state index in [-0.39, 0.29) is 11.7 Å². The van der Waals surface area contributed by atoms with Gasteiger partial charge >= 0.3 is 0 Å². The van der Waals surface area contributed by atoms with E-state index >= 15 is 0 Å². The lowest BCUT2D eigenvalue weighted by molar-refractivity contribution is 0.0734. The van der Waals surface area contributed by atoms with Gasteiger partial charge in [0.1, 0.15) is 5.75 Å². The summed E-state index contributed by atoms with van der Waals surface area (Å²) in [6.45, 7) is 1.27. The Bertz CT molecular complexity index is 1240. The van der Waals surface area contributed by atoms with Crippen LogP contribution in [-0.4, -0.2) is 17.4 Å². The van der Waals surface area contributed by atoms with E-state index in [0.717, 1.165) is 12.0 Å². The van der Waals surface area contributed by atoms with Crippen LogP contribution in [0.5, 0.6) is 11.5 Å². The summed E-state index contributed by atoms with van der Waals surface area (Å²) in [6, 6.07) is 33.8. The van der Waals surface area contributed by atoms with Crippen LogP contribution in [0.3, 0.4) is 0 Å². The first-order chi connectivity index (χ1) is 16.7. The maximum atomic E-state index is 13.9. The molecule has 1 aliphatic rings. The van der Waals surface area contributed by atoms with Gasteiger partial charge in [-0.3, -0.25) is 4.79 Å². The van der Waals surface area contributed by atoms with Crippen LogP contribution in [0.15, 0.2) is 109 Å². The molecule has 5 rings (SSSR count). The number of halogens is 1. The number of benzene rings is 4. The summed E-state index contributed by atoms with van der Waals surface area (Å²) in [4.78, 5) is 15.4. The van der Waals surface area contributed by atoms with E-state index in [1.54, 1.807) is 42.5 Å². The quantitative estimate of drug-likeness (QED) is 0.287. The molecule has 4 heteroatoms. The Labute approximate surface area is 199 Å². The third-order valence-electron chi connectivity index (χ3n) is 6.27. The average Bonchev–Trinajstić information content (AvgIpc) is 3.65. The number of hydrogen-bond acceptors (Lipinski definition) is 2. The first-order valence-corrected chi connectivity index (χ1v) is 11.6. The molecule has 4 aromatic carbocycles. The molecule has 0 radical (unpaired) electrons. The summed E-state index contributed by atoms with van der Waals surface area (Å²) in [5.74, 6) is 1.17. The Morgan fingerprint density at radius 1 is 0.824 bits per heavy atom. The predicted molar refractivity (Wildman–Crippen MR) is 131 cm³/mol. The molecule has 0 heterocycles. The average molecular weight is 452 g/mol. The number of ether oxygens (including phenoxy) is 1. The molecule has 170 valence electrons. The van der Waals surface area contributed by atoms with Gasteiger partial charge in [0, 0.05) is 18.7 Å². The number of amides is 1. The van der Waals surface area contributed by atoms with Gasteiger partial charge in [-0.1, -0.05) is 72.8 Å². The molecule has 0 bridgehead atoms. The first-order valence-electron chi connectivity index (χ1n) is 11.6. The normalized spacial score (nSPS) is 16.6. The molecule has 0 N–H and O–H groups in total. The summed E-state index contributed by atoms with van der Waals surface area (Å²) in [5.41, 5.74) is 3.04. The van der Waals surface area contributed by atoms with Crippen LogP contribution in [0.25, 0.3) is 0 Å². The molecule has 1 fully saturated rings. The zero-order valence-corrected chi connectivity index (χ0v) is 18.8. The summed E-state index contributed by atoms with van der Waals surface area (Å²) in [6.07, 6.45) is 1.10. The third kappa shape index (κ3) is 5.18. The topological polar surface area (TPSA) is 29.5 Å². The highest BCUT2D eigenvalue weighted by molar-refractivity contribution is 5.94. The van der Waals surface area contributed by atoms with E-state index in [1.165, 1.54) is 11.6 Å². The number of rotatable bonds is 8. The molecule has 2 atom stereocenters. The summed E-state index contributed by atoms with van der Waals surface area (Å²) >= 11 is 0. The Morgan fingerprint density at radius 2 is 1.47 bits per heavy atom. The van der Waals surface area contributed by atoms with Gasteiger partial charge in [0.15, 0.2) is 11.6 Å². The second-order valence-electron chi connectivity index (χ2n) is 8.74. The van der Waals surface area contributed by atoms with Crippen LogP contribution in [0, 0.1) is 11.7 Å². The molecule has 4 aromatic rings. The van der Waals surface area contributed by atoms with Gasteiger partial charge in [-0.15, -0.1) is 0 Å². The zero-order chi connectivity index (χ0) is 23.3. The van der Waals surface area contributed by atoms with Crippen molar-refractivity contribution in [3.8, 4) is 11.5 Å². The van der Waals surface area contributed by atoms with E-state index in [9.17, 15) is 9.18 Å². The SMILES string of the molecule is O=C(c1ccc(Oc2ccccc2F)cc1)N(Cc1ccccc1)C[C@@H]1C[C@H]1c1ccccc1. The molecular weight excluding hydrogens is 425 g/mol. The van der Waals surface area contributed by atoms with Crippen LogP contribution in [0.2, 0.25) is 0 Å². The Kier molecular flexibility index (Phi) is 6.39. The molecule has 1 saturated carbocycles. The number of carbonyl (C=O) groups is 1. The van der Waals surface area contributed by atoms with Crippen molar-refractivity contribution in [1.29, 1.82) is 0 Å². The minimum atomic E-state index is -0.422. The molecule has 3 nitrogen and oxygen atoms in total. The van der Waals surface area contributed by atoms with Crippen LogP contribution in [-0.2, 0) is 6.54 Å². The molecule has 0 aromatic heterocycles. The number of hydrogen-bond donors (Lipinski definition) is 0. The highest BCUT2D eigenvalue weighted by Gasteiger charge is 2.40. The largest absolute Gasteiger partial charge is 0.454 e. The molecule has 0 aliphatic heterocycles. The van der Waals surface area contributed by atoms with Gasteiger partial charge in [-0.05, 0) is 65.8 Å². The first kappa shape index (κ1) is 21.9. The second kappa shape index (κ2) is 9.92. The van der Waals surface area contributed by atoms with Crippen LogP contribution in [0.1, 0.15) is 33.8 Å². The molecule has 1 aliphatic carbocycles. The lowest BCUT2D eigenvalue weighted by atomic mass is 10.1. The van der Waals surface area contributed by atoms with Gasteiger partial charge in [0.2, 0.25) is 0 Å². The van der Waals surface area contributed by atoms with Crippen molar-refractivity contribution in [2.45, 2.75) is 18.9 Å². The highest BCUT2D eigenvalue weighted by Crippen LogP contribution is 2.48. The van der Waals surface area contributed by atoms with E-state index in [0.29, 0.717) is 36.2 Å². The van der Waals surface area contributed by atoms with Gasteiger partial charge in [-0.25, -0.2) is 4.39 Å². The predicted octanol–water partition coefficient (Wildman–Crippen LogP) is 7.06. The summed E-state index contributed by atoms with van der Waals surface area (Å²) < 4.78 is 19.5. The van der Waals surface area contributed by atoms with Crippen LogP contribution >= 0.6 is 0 Å². The fraction of sp³-hybridized carbons (Fsp3) is 0.167. The van der Waals surface area contributed by atoms with Crippen molar-refractivity contribution in [3.05, 3.63) is 132 Å². The standard InChI is InChI=1S/C30H26FNO2/c31-28-13-7-8-14-29(28)34-26-17-15-24(16-18-26)30(33)32(20-22-9-3-1-4-10-22)21-25-19-27(25)23-11-5-2-6-12-23/h1-18,25,27H,19-21H2/t25-,27-/m0/s1. The van der Waals surface area contributed by atoms with Crippen molar-refractivity contribution in [1.82, 2.24) is 4.90 Å². The molecule has 0 saturated heterocycles. The van der Waals surface area contributed by atoms with Crippen molar-refractivity contribution >= 4 is 5.91 Å². The highest BCUT2D eigenvalue weighted by atomic mass is 19.1. The maximum absolute atomic E-state index is 13.9. The van der Waals surface area contributed by atoms with Crippen LogP contribution < -0.4 is 4.74 Å². The zero-order valence-electron chi connectivity index (χ0n) is 18.8. The lowest BCUT2D eigenvalue weighted by Gasteiger charge is -2.23. The van der Waals surface area contributed by atoms with Gasteiger partial charge in [-0.2, -0.15) is 0 Å². The van der Waals surface area contributed by atoms with Crippen molar-refractivity contribution in [3.63, 3.8) is 0 Å². The fourth-order valence-corrected chi connectivity index (χ4v) is 4.37. The van der Waals surface area contributed by atoms with Gasteiger partial charge in [0.05, 0.1) is 0 Å². The van der Waals surface area contributed by atoms with E-state index < -0.39 is 5.82 Å². The Morgan fingerprint density at radius 3 is 2.18 bits per heavy atom. The summed E-state index contributed by atoms with van der Waals surface area (Å²) in [5, 5.41) is 0. The molecular formula is C30H26FNO2. The minimum absolute atomic E-state index is 0.0139. The number of carbonyl (C=O) groups excluding carboxylic acids is 1. The number of para-hydroxylation sites is 1. The maximum Gasteiger partial charge on any atom is 0.254 e. The van der Waals surface area contributed by atoms with E-state index in [4.69, 9.17) is 4.74 Å². The number of nitrogens with zero attached hydrogens (tertiary/aromatic N) is 1. The van der Waals surface area contributed by atoms with Gasteiger partial charge < -0.3 is 9.64 Å².